The third kappa shape index (κ3) is 6.98. The van der Waals surface area contributed by atoms with E-state index in [2.05, 4.69) is 10.6 Å². The zero-order valence-electron chi connectivity index (χ0n) is 26.9. The fraction of sp³-hybridized carbons (Fsp3) is 0.257. The molecule has 3 aliphatic heterocycles. The number of fused-ring (bicyclic) bond motifs is 1. The molecule has 3 heterocycles. The van der Waals surface area contributed by atoms with Crippen molar-refractivity contribution in [3.8, 4) is 0 Å². The van der Waals surface area contributed by atoms with Gasteiger partial charge in [-0.2, -0.15) is 0 Å². The lowest BCUT2D eigenvalue weighted by atomic mass is 10.0. The van der Waals surface area contributed by atoms with Crippen LogP contribution in [0.1, 0.15) is 35.8 Å². The van der Waals surface area contributed by atoms with E-state index in [1.54, 1.807) is 13.0 Å². The predicted molar refractivity (Wildman–Crippen MR) is 181 cm³/mol. The van der Waals surface area contributed by atoms with Crippen molar-refractivity contribution in [3.05, 3.63) is 114 Å². The van der Waals surface area contributed by atoms with Crippen LogP contribution in [0.3, 0.4) is 0 Å². The summed E-state index contributed by atoms with van der Waals surface area (Å²) in [6.45, 7) is 2.14. The molecule has 0 radical (unpaired) electrons. The number of likely N-dealkylation sites (N-methyl/N-ethyl adjacent to an activating group) is 1. The molecule has 0 spiro atoms. The average Bonchev–Trinajstić information content (AvgIpc) is 3.13. The van der Waals surface area contributed by atoms with Gasteiger partial charge in [0, 0.05) is 31.1 Å². The first-order chi connectivity index (χ1) is 24.2. The van der Waals surface area contributed by atoms with Gasteiger partial charge >= 0.3 is 24.0 Å². The van der Waals surface area contributed by atoms with Gasteiger partial charge in [-0.1, -0.05) is 72.8 Å². The number of urea groups is 1. The number of thioether (sulfide) groups is 1. The molecule has 4 N–H and O–H groups in total. The molecular formula is C35H34N6O8S. The first-order valence-corrected chi connectivity index (χ1v) is 16.9. The molecule has 2 fully saturated rings. The lowest BCUT2D eigenvalue weighted by molar-refractivity contribution is -0.153. The Hall–Kier alpha value is -5.83. The minimum absolute atomic E-state index is 0.0214. The Kier molecular flexibility index (Phi) is 10.0. The van der Waals surface area contributed by atoms with Crippen LogP contribution in [0.15, 0.2) is 96.9 Å². The largest absolute Gasteiger partial charge is 0.516 e. The number of nitrogen functional groups attached to an aromatic ring is 1. The fourth-order valence-electron chi connectivity index (χ4n) is 5.80. The summed E-state index contributed by atoms with van der Waals surface area (Å²) in [7, 11) is 0. The minimum atomic E-state index is -1.35. The fourth-order valence-corrected chi connectivity index (χ4v) is 6.97. The quantitative estimate of drug-likeness (QED) is 0.130. The number of benzene rings is 3. The van der Waals surface area contributed by atoms with Gasteiger partial charge in [0.15, 0.2) is 6.10 Å². The monoisotopic (exact) mass is 698 g/mol. The van der Waals surface area contributed by atoms with Gasteiger partial charge in [0.05, 0.1) is 0 Å². The summed E-state index contributed by atoms with van der Waals surface area (Å²) in [5, 5.41) is 4.61. The van der Waals surface area contributed by atoms with E-state index in [9.17, 15) is 28.8 Å². The second kappa shape index (κ2) is 14.7. The highest BCUT2D eigenvalue weighted by Crippen LogP contribution is 2.38. The van der Waals surface area contributed by atoms with E-state index >= 15 is 0 Å². The number of carbonyl (C=O) groups is 6. The molecule has 0 bridgehead atoms. The van der Waals surface area contributed by atoms with E-state index in [1.807, 2.05) is 60.7 Å². The summed E-state index contributed by atoms with van der Waals surface area (Å²) in [4.78, 5) is 81.9. The topological polar surface area (TPSA) is 181 Å². The highest BCUT2D eigenvalue weighted by Gasteiger charge is 2.53. The van der Waals surface area contributed by atoms with Crippen molar-refractivity contribution < 1.29 is 38.2 Å². The molecule has 3 aliphatic rings. The first-order valence-electron chi connectivity index (χ1n) is 15.9. The molecule has 0 unspecified atom stereocenters. The summed E-state index contributed by atoms with van der Waals surface area (Å²) in [6.07, 6.45) is -0.200. The number of nitrogens with zero attached hydrogens (tertiary/aromatic N) is 3. The van der Waals surface area contributed by atoms with Crippen molar-refractivity contribution >= 4 is 53.3 Å². The third-order valence-electron chi connectivity index (χ3n) is 8.45. The normalized spacial score (nSPS) is 19.2. The maximum Gasteiger partial charge on any atom is 0.516 e. The number of β-lactam (4-membered cyclic amide) rings is 1. The number of hydrogen-bond donors (Lipinski definition) is 3. The number of nitrogens with two attached hydrogens (primary N) is 1. The molecule has 15 heteroatoms. The Labute approximate surface area is 291 Å². The molecule has 3 atom stereocenters. The van der Waals surface area contributed by atoms with Gasteiger partial charge in [0.2, 0.25) is 11.8 Å². The van der Waals surface area contributed by atoms with Crippen LogP contribution in [0.2, 0.25) is 0 Å². The predicted octanol–water partition coefficient (Wildman–Crippen LogP) is 2.89. The average molecular weight is 699 g/mol. The van der Waals surface area contributed by atoms with Crippen LogP contribution >= 0.6 is 11.8 Å². The number of hydrogen-bond acceptors (Lipinski definition) is 10. The standard InChI is InChI=1S/C35H34N6O8S/c1-2-39-18-19-40(32(45)31(39)44)34(46)38-26(21-13-15-24(36)16-14-21)29(42)37-27-30(43)41-25(17-20-50-33(27)41)48-35(47)49-28(22-9-5-3-6-10-22)23-11-7-4-8-12-23/h3-17,26-28,33H,2,18-20,36H2,1H3,(H,37,42)(H,38,46)/t26-,27-,33+/m1/s1. The molecular weight excluding hydrogens is 664 g/mol. The molecule has 258 valence electrons. The van der Waals surface area contributed by atoms with Gasteiger partial charge in [-0.3, -0.25) is 29.0 Å². The Balaban J connectivity index is 1.13. The summed E-state index contributed by atoms with van der Waals surface area (Å²) in [5.41, 5.74) is 8.03. The molecule has 14 nitrogen and oxygen atoms in total. The van der Waals surface area contributed by atoms with Crippen molar-refractivity contribution in [2.24, 2.45) is 0 Å². The second-order valence-electron chi connectivity index (χ2n) is 11.5. The highest BCUT2D eigenvalue weighted by atomic mass is 32.2. The third-order valence-corrected chi connectivity index (χ3v) is 9.63. The molecule has 0 aliphatic carbocycles. The van der Waals surface area contributed by atoms with E-state index in [0.29, 0.717) is 23.5 Å². The molecule has 6 rings (SSSR count). The highest BCUT2D eigenvalue weighted by molar-refractivity contribution is 8.00. The molecule has 3 aromatic carbocycles. The number of anilines is 1. The Morgan fingerprint density at radius 3 is 2.14 bits per heavy atom. The number of amides is 6. The number of rotatable bonds is 9. The van der Waals surface area contributed by atoms with Crippen molar-refractivity contribution in [1.82, 2.24) is 25.3 Å². The van der Waals surface area contributed by atoms with E-state index < -0.39 is 59.4 Å². The molecule has 2 saturated heterocycles. The smallest absolute Gasteiger partial charge is 0.421 e. The van der Waals surface area contributed by atoms with Crippen molar-refractivity contribution in [1.29, 1.82) is 0 Å². The van der Waals surface area contributed by atoms with Crippen LogP contribution in [0.25, 0.3) is 0 Å². The van der Waals surface area contributed by atoms with Crippen LogP contribution in [0, 0.1) is 0 Å². The van der Waals surface area contributed by atoms with Crippen LogP contribution < -0.4 is 16.4 Å². The second-order valence-corrected chi connectivity index (χ2v) is 12.7. The Morgan fingerprint density at radius 1 is 0.880 bits per heavy atom. The van der Waals surface area contributed by atoms with Crippen molar-refractivity contribution in [3.63, 3.8) is 0 Å². The maximum absolute atomic E-state index is 13.7. The summed E-state index contributed by atoms with van der Waals surface area (Å²) in [6, 6.07) is 21.2. The van der Waals surface area contributed by atoms with Crippen LogP contribution in [-0.2, 0) is 28.7 Å². The number of carbonyl (C=O) groups excluding carboxylic acids is 6. The van der Waals surface area contributed by atoms with Crippen LogP contribution in [0.5, 0.6) is 0 Å². The number of ether oxygens (including phenoxy) is 2. The summed E-state index contributed by atoms with van der Waals surface area (Å²) >= 11 is 1.34. The van der Waals surface area contributed by atoms with E-state index in [4.69, 9.17) is 15.2 Å². The lowest BCUT2D eigenvalue weighted by Gasteiger charge is -2.48. The Bertz CT molecular complexity index is 1780. The van der Waals surface area contributed by atoms with Gasteiger partial charge in [0.1, 0.15) is 17.5 Å². The molecule has 0 saturated carbocycles. The van der Waals surface area contributed by atoms with E-state index in [-0.39, 0.29) is 19.0 Å². The van der Waals surface area contributed by atoms with Gasteiger partial charge in [-0.25, -0.2) is 9.59 Å². The lowest BCUT2D eigenvalue weighted by Crippen LogP contribution is -2.70. The van der Waals surface area contributed by atoms with E-state index in [1.165, 1.54) is 45.8 Å². The number of imide groups is 1. The van der Waals surface area contributed by atoms with Crippen molar-refractivity contribution in [2.45, 2.75) is 30.5 Å². The van der Waals surface area contributed by atoms with E-state index in [0.717, 1.165) is 16.0 Å². The maximum atomic E-state index is 13.7. The summed E-state index contributed by atoms with van der Waals surface area (Å²) in [5.74, 6) is -2.77. The zero-order chi connectivity index (χ0) is 35.4. The van der Waals surface area contributed by atoms with Crippen LogP contribution in [-0.4, -0.2) is 87.3 Å². The van der Waals surface area contributed by atoms with Crippen LogP contribution in [0.4, 0.5) is 15.3 Å². The van der Waals surface area contributed by atoms with Gasteiger partial charge < -0.3 is 30.7 Å². The number of nitrogens with one attached hydrogen (secondary N) is 2. The zero-order valence-corrected chi connectivity index (χ0v) is 27.7. The molecule has 6 amide bonds. The molecule has 50 heavy (non-hydrogen) atoms. The van der Waals surface area contributed by atoms with Gasteiger partial charge in [0.25, 0.3) is 5.91 Å². The Morgan fingerprint density at radius 2 is 1.52 bits per heavy atom. The summed E-state index contributed by atoms with van der Waals surface area (Å²) < 4.78 is 11.3. The SMILES string of the molecule is CCN1CCN(C(=O)N[C@@H](C(=O)N[C@@H]2C(=O)N3C(OC(=O)OC(c4ccccc4)c4ccccc4)=CCS[C@@H]23)c2ccc(N)cc2)C(=O)C1=O. The molecule has 0 aromatic heterocycles. The van der Waals surface area contributed by atoms with Gasteiger partial charge in [-0.15, -0.1) is 11.8 Å². The minimum Gasteiger partial charge on any atom is -0.421 e. The van der Waals surface area contributed by atoms with Crippen molar-refractivity contribution in [2.75, 3.05) is 31.1 Å². The first kappa shape index (κ1) is 34.0. The van der Waals surface area contributed by atoms with Gasteiger partial charge in [-0.05, 0) is 41.8 Å². The molecule has 3 aromatic rings. The number of piperazine rings is 1.